The van der Waals surface area contributed by atoms with Crippen LogP contribution in [0.3, 0.4) is 0 Å². The molecule has 0 rings (SSSR count). The molecule has 0 saturated heterocycles. The SMILES string of the molecule is C/C=C(\C=C(/CC)C(C)C)C(C)(C)CBC(C)C. The summed E-state index contributed by atoms with van der Waals surface area (Å²) in [4.78, 5) is 0. The van der Waals surface area contributed by atoms with Crippen LogP contribution in [0.15, 0.2) is 23.3 Å². The Morgan fingerprint density at radius 3 is 2.06 bits per heavy atom. The van der Waals surface area contributed by atoms with E-state index in [-0.39, 0.29) is 0 Å². The lowest BCUT2D eigenvalue weighted by atomic mass is 9.55. The van der Waals surface area contributed by atoms with Crippen LogP contribution in [0.2, 0.25) is 12.1 Å². The normalized spacial score (nSPS) is 14.6. The van der Waals surface area contributed by atoms with Crippen molar-refractivity contribution in [2.45, 2.75) is 73.9 Å². The summed E-state index contributed by atoms with van der Waals surface area (Å²) in [5, 5.41) is 0. The second-order valence-electron chi connectivity index (χ2n) is 6.79. The van der Waals surface area contributed by atoms with Crippen LogP contribution in [-0.2, 0) is 0 Å². The number of hydrogen-bond donors (Lipinski definition) is 0. The van der Waals surface area contributed by atoms with Crippen molar-refractivity contribution >= 4 is 7.28 Å². The molecular weight excluding hydrogens is 215 g/mol. The predicted molar refractivity (Wildman–Crippen MR) is 87.8 cm³/mol. The molecule has 0 atom stereocenters. The summed E-state index contributed by atoms with van der Waals surface area (Å²) in [6.45, 7) is 18.4. The Bertz CT molecular complexity index is 293. The van der Waals surface area contributed by atoms with Crippen LogP contribution < -0.4 is 0 Å². The molecule has 0 saturated carbocycles. The molecule has 0 aliphatic rings. The lowest BCUT2D eigenvalue weighted by Gasteiger charge is -2.28. The molecule has 0 heterocycles. The average Bonchev–Trinajstić information content (AvgIpc) is 2.27. The fourth-order valence-corrected chi connectivity index (χ4v) is 2.34. The molecule has 0 nitrogen and oxygen atoms in total. The maximum atomic E-state index is 2.45. The molecule has 104 valence electrons. The monoisotopic (exact) mass is 248 g/mol. The maximum absolute atomic E-state index is 2.45. The van der Waals surface area contributed by atoms with Crippen molar-refractivity contribution in [2.75, 3.05) is 0 Å². The summed E-state index contributed by atoms with van der Waals surface area (Å²) in [7, 11) is 1.31. The van der Waals surface area contributed by atoms with E-state index in [0.717, 1.165) is 12.2 Å². The molecule has 0 amide bonds. The van der Waals surface area contributed by atoms with Gasteiger partial charge in [0, 0.05) is 0 Å². The Hall–Kier alpha value is -0.455. The minimum Gasteiger partial charge on any atom is -0.0839 e. The zero-order chi connectivity index (χ0) is 14.3. The first-order valence-electron chi connectivity index (χ1n) is 7.61. The van der Waals surface area contributed by atoms with Crippen molar-refractivity contribution in [3.8, 4) is 0 Å². The zero-order valence-electron chi connectivity index (χ0n) is 13.9. The molecule has 0 fully saturated rings. The summed E-state index contributed by atoms with van der Waals surface area (Å²) >= 11 is 0. The van der Waals surface area contributed by atoms with Crippen LogP contribution in [0.4, 0.5) is 0 Å². The molecule has 0 unspecified atom stereocenters. The highest BCUT2D eigenvalue weighted by Crippen LogP contribution is 2.34. The third kappa shape index (κ3) is 5.93. The Balaban J connectivity index is 4.97. The molecule has 0 radical (unpaired) electrons. The van der Waals surface area contributed by atoms with Gasteiger partial charge in [-0.1, -0.05) is 78.3 Å². The van der Waals surface area contributed by atoms with E-state index in [4.69, 9.17) is 0 Å². The number of rotatable bonds is 7. The summed E-state index contributed by atoms with van der Waals surface area (Å²) in [6.07, 6.45) is 7.19. The van der Waals surface area contributed by atoms with Gasteiger partial charge in [0.25, 0.3) is 0 Å². The minimum absolute atomic E-state index is 0.300. The Kier molecular flexibility index (Phi) is 7.67. The number of allylic oxidation sites excluding steroid dienone is 4. The average molecular weight is 248 g/mol. The third-order valence-electron chi connectivity index (χ3n) is 3.93. The summed E-state index contributed by atoms with van der Waals surface area (Å²) in [5.74, 6) is 1.45. The van der Waals surface area contributed by atoms with Gasteiger partial charge in [0.15, 0.2) is 0 Å². The quantitative estimate of drug-likeness (QED) is 0.404. The second kappa shape index (κ2) is 7.87. The molecule has 0 aliphatic heterocycles. The van der Waals surface area contributed by atoms with Crippen molar-refractivity contribution in [1.29, 1.82) is 0 Å². The highest BCUT2D eigenvalue weighted by molar-refractivity contribution is 6.37. The fraction of sp³-hybridized carbons (Fsp3) is 0.765. The highest BCUT2D eigenvalue weighted by atomic mass is 14.2. The smallest absolute Gasteiger partial charge is 0.0839 e. The van der Waals surface area contributed by atoms with Crippen molar-refractivity contribution in [1.82, 2.24) is 0 Å². The van der Waals surface area contributed by atoms with Crippen LogP contribution in [0.25, 0.3) is 0 Å². The topological polar surface area (TPSA) is 0 Å². The van der Waals surface area contributed by atoms with E-state index < -0.39 is 0 Å². The lowest BCUT2D eigenvalue weighted by Crippen LogP contribution is -2.18. The largest absolute Gasteiger partial charge is 0.124 e. The van der Waals surface area contributed by atoms with Gasteiger partial charge in [0.05, 0.1) is 0 Å². The van der Waals surface area contributed by atoms with Gasteiger partial charge in [-0.2, -0.15) is 0 Å². The van der Waals surface area contributed by atoms with Crippen LogP contribution in [-0.4, -0.2) is 7.28 Å². The second-order valence-corrected chi connectivity index (χ2v) is 6.79. The molecule has 0 bridgehead atoms. The maximum Gasteiger partial charge on any atom is 0.124 e. The van der Waals surface area contributed by atoms with Crippen LogP contribution in [0.5, 0.6) is 0 Å². The first-order chi connectivity index (χ1) is 8.24. The Morgan fingerprint density at radius 1 is 1.17 bits per heavy atom. The zero-order valence-corrected chi connectivity index (χ0v) is 13.9. The minimum atomic E-state index is 0.300. The van der Waals surface area contributed by atoms with Crippen LogP contribution in [0, 0.1) is 11.3 Å². The number of hydrogen-bond acceptors (Lipinski definition) is 0. The first kappa shape index (κ1) is 17.5. The van der Waals surface area contributed by atoms with Gasteiger partial charge < -0.3 is 0 Å². The van der Waals surface area contributed by atoms with E-state index in [2.05, 4.69) is 67.5 Å². The molecule has 0 aliphatic carbocycles. The van der Waals surface area contributed by atoms with E-state index in [1.54, 1.807) is 5.57 Å². The van der Waals surface area contributed by atoms with Crippen molar-refractivity contribution < 1.29 is 0 Å². The third-order valence-corrected chi connectivity index (χ3v) is 3.93. The molecular formula is C17H33B. The molecule has 0 aromatic carbocycles. The van der Waals surface area contributed by atoms with Crippen LogP contribution in [0.1, 0.15) is 61.8 Å². The van der Waals surface area contributed by atoms with E-state index >= 15 is 0 Å². The summed E-state index contributed by atoms with van der Waals surface area (Å²) in [5.41, 5.74) is 3.38. The van der Waals surface area contributed by atoms with Gasteiger partial charge in [-0.15, -0.1) is 0 Å². The summed E-state index contributed by atoms with van der Waals surface area (Å²) in [6, 6.07) is 0. The van der Waals surface area contributed by atoms with Gasteiger partial charge in [-0.3, -0.25) is 0 Å². The van der Waals surface area contributed by atoms with Gasteiger partial charge in [-0.25, -0.2) is 0 Å². The van der Waals surface area contributed by atoms with Gasteiger partial charge in [0.1, 0.15) is 7.28 Å². The highest BCUT2D eigenvalue weighted by Gasteiger charge is 2.22. The molecule has 0 aromatic heterocycles. The van der Waals surface area contributed by atoms with Gasteiger partial charge in [-0.05, 0) is 30.3 Å². The van der Waals surface area contributed by atoms with Crippen molar-refractivity contribution in [3.63, 3.8) is 0 Å². The Morgan fingerprint density at radius 2 is 1.72 bits per heavy atom. The van der Waals surface area contributed by atoms with E-state index in [1.165, 1.54) is 19.2 Å². The molecule has 0 aromatic rings. The van der Waals surface area contributed by atoms with Gasteiger partial charge in [0.2, 0.25) is 0 Å². The molecule has 0 N–H and O–H groups in total. The first-order valence-corrected chi connectivity index (χ1v) is 7.61. The lowest BCUT2D eigenvalue weighted by molar-refractivity contribution is 0.509. The van der Waals surface area contributed by atoms with Crippen molar-refractivity contribution in [3.05, 3.63) is 23.3 Å². The summed E-state index contributed by atoms with van der Waals surface area (Å²) < 4.78 is 0. The standard InChI is InChI=1S/C17H33B/c1-9-15(13(3)4)11-16(10-2)17(7,8)12-18-14(5)6/h10-11,13-14,18H,9,12H2,1-8H3/b15-11+,16-10+. The fourth-order valence-electron chi connectivity index (χ4n) is 2.34. The van der Waals surface area contributed by atoms with Gasteiger partial charge >= 0.3 is 0 Å². The Labute approximate surface area is 116 Å². The predicted octanol–water partition coefficient (Wildman–Crippen LogP) is 5.63. The molecule has 1 heteroatoms. The molecule has 18 heavy (non-hydrogen) atoms. The molecule has 0 spiro atoms. The van der Waals surface area contributed by atoms with Crippen molar-refractivity contribution in [2.24, 2.45) is 11.3 Å². The van der Waals surface area contributed by atoms with E-state index in [0.29, 0.717) is 11.3 Å². The van der Waals surface area contributed by atoms with E-state index in [9.17, 15) is 0 Å². The van der Waals surface area contributed by atoms with E-state index in [1.807, 2.05) is 0 Å². The van der Waals surface area contributed by atoms with Crippen LogP contribution >= 0.6 is 0 Å².